The Balaban J connectivity index is 3.38. The molecule has 0 aliphatic heterocycles. The minimum atomic E-state index is 1.17. The lowest BCUT2D eigenvalue weighted by atomic mass is 10.2. The molecule has 65 valence electrons. The smallest absolute Gasteiger partial charge is 0.0348 e. The van der Waals surface area contributed by atoms with Crippen LogP contribution in [0.15, 0.2) is 42.5 Å². The highest BCUT2D eigenvalue weighted by Gasteiger charge is 1.74. The van der Waals surface area contributed by atoms with E-state index in [4.69, 9.17) is 6.58 Å². The monoisotopic (exact) mass is 161 g/mol. The van der Waals surface area contributed by atoms with Gasteiger partial charge in [0.05, 0.1) is 0 Å². The van der Waals surface area contributed by atoms with Crippen LogP contribution >= 0.6 is 0 Å². The first-order chi connectivity index (χ1) is 5.91. The fraction of sp³-hybridized carbons (Fsp3) is 0.333. The summed E-state index contributed by atoms with van der Waals surface area (Å²) in [6, 6.07) is 0. The Hall–Kier alpha value is -1.04. The van der Waals surface area contributed by atoms with E-state index in [-0.39, 0.29) is 0 Å². The highest BCUT2D eigenvalue weighted by atomic mass is 13.8. The predicted octanol–water partition coefficient (Wildman–Crippen LogP) is 3.83. The van der Waals surface area contributed by atoms with E-state index in [1.807, 2.05) is 18.2 Å². The van der Waals surface area contributed by atoms with Crippen LogP contribution in [-0.2, 0) is 0 Å². The van der Waals surface area contributed by atoms with Crippen LogP contribution in [0.25, 0.3) is 0 Å². The molecule has 0 saturated heterocycles. The summed E-state index contributed by atoms with van der Waals surface area (Å²) in [5.74, 6) is 0. The largest absolute Gasteiger partial charge is 0.0845 e. The molecule has 0 unspecified atom stereocenters. The molecule has 1 radical (unpaired) electrons. The van der Waals surface area contributed by atoms with Gasteiger partial charge in [0, 0.05) is 0 Å². The molecule has 0 nitrogen and oxygen atoms in total. The van der Waals surface area contributed by atoms with Gasteiger partial charge < -0.3 is 0 Å². The van der Waals surface area contributed by atoms with Crippen LogP contribution in [0.5, 0.6) is 0 Å². The standard InChI is InChI=1S/C12H17/c1-3-5-7-9-11-12-10-8-6-4-2/h1,3,5,7,9-12H,4,6,8H2,2H3/b3-1?,7-5+,11-9+,12-10+. The van der Waals surface area contributed by atoms with Crippen molar-refractivity contribution in [3.05, 3.63) is 49.1 Å². The molecule has 0 amide bonds. The maximum atomic E-state index is 5.15. The van der Waals surface area contributed by atoms with Gasteiger partial charge in [-0.2, -0.15) is 0 Å². The second kappa shape index (κ2) is 9.96. The van der Waals surface area contributed by atoms with Crippen LogP contribution in [0.3, 0.4) is 0 Å². The van der Waals surface area contributed by atoms with E-state index in [0.29, 0.717) is 0 Å². The summed E-state index contributed by atoms with van der Waals surface area (Å²) in [5, 5.41) is 0. The Morgan fingerprint density at radius 1 is 1.00 bits per heavy atom. The Bertz CT molecular complexity index is 170. The molecule has 0 rings (SSSR count). The van der Waals surface area contributed by atoms with Crippen molar-refractivity contribution in [1.29, 1.82) is 0 Å². The van der Waals surface area contributed by atoms with E-state index < -0.39 is 0 Å². The van der Waals surface area contributed by atoms with Crippen molar-refractivity contribution < 1.29 is 0 Å². The van der Waals surface area contributed by atoms with Gasteiger partial charge in [0.25, 0.3) is 0 Å². The molecule has 0 heteroatoms. The molecular formula is C12H17. The van der Waals surface area contributed by atoms with E-state index in [1.165, 1.54) is 25.3 Å². The van der Waals surface area contributed by atoms with Crippen LogP contribution in [-0.4, -0.2) is 0 Å². The SMILES string of the molecule is [CH]=C/C=C/C=C/C=C/CCCC. The summed E-state index contributed by atoms with van der Waals surface area (Å²) >= 11 is 0. The zero-order chi connectivity index (χ0) is 9.07. The third-order valence-corrected chi connectivity index (χ3v) is 1.42. The number of rotatable bonds is 6. The first-order valence-electron chi connectivity index (χ1n) is 4.45. The van der Waals surface area contributed by atoms with E-state index in [1.54, 1.807) is 6.08 Å². The Labute approximate surface area is 76.0 Å². The fourth-order valence-corrected chi connectivity index (χ4v) is 0.753. The molecule has 0 aromatic heterocycles. The zero-order valence-electron chi connectivity index (χ0n) is 7.74. The predicted molar refractivity (Wildman–Crippen MR) is 55.8 cm³/mol. The van der Waals surface area contributed by atoms with Gasteiger partial charge in [0.1, 0.15) is 0 Å². The molecule has 12 heavy (non-hydrogen) atoms. The first kappa shape index (κ1) is 11.0. The molecule has 0 fully saturated rings. The maximum Gasteiger partial charge on any atom is -0.0348 e. The topological polar surface area (TPSA) is 0 Å². The molecule has 0 N–H and O–H groups in total. The summed E-state index contributed by atoms with van der Waals surface area (Å²) in [5.41, 5.74) is 0. The summed E-state index contributed by atoms with van der Waals surface area (Å²) in [7, 11) is 0. The Morgan fingerprint density at radius 3 is 2.33 bits per heavy atom. The zero-order valence-corrected chi connectivity index (χ0v) is 7.74. The van der Waals surface area contributed by atoms with Gasteiger partial charge >= 0.3 is 0 Å². The molecule has 0 aromatic carbocycles. The molecule has 0 saturated carbocycles. The van der Waals surface area contributed by atoms with Crippen molar-refractivity contribution >= 4 is 0 Å². The average molecular weight is 161 g/mol. The van der Waals surface area contributed by atoms with Gasteiger partial charge in [0.15, 0.2) is 0 Å². The fourth-order valence-electron chi connectivity index (χ4n) is 0.753. The van der Waals surface area contributed by atoms with Crippen LogP contribution in [0, 0.1) is 6.58 Å². The quantitative estimate of drug-likeness (QED) is 0.410. The van der Waals surface area contributed by atoms with Crippen molar-refractivity contribution in [2.75, 3.05) is 0 Å². The molecule has 0 heterocycles. The minimum absolute atomic E-state index is 1.17. The average Bonchev–Trinajstić information content (AvgIpc) is 2.10. The number of unbranched alkanes of at least 4 members (excludes halogenated alkanes) is 2. The lowest BCUT2D eigenvalue weighted by molar-refractivity contribution is 0.815. The van der Waals surface area contributed by atoms with Gasteiger partial charge in [-0.1, -0.05) is 68.9 Å². The van der Waals surface area contributed by atoms with E-state index in [9.17, 15) is 0 Å². The van der Waals surface area contributed by atoms with Gasteiger partial charge in [-0.25, -0.2) is 0 Å². The number of hydrogen-bond donors (Lipinski definition) is 0. The number of allylic oxidation sites excluding steroid dienone is 7. The first-order valence-corrected chi connectivity index (χ1v) is 4.45. The van der Waals surface area contributed by atoms with Crippen LogP contribution < -0.4 is 0 Å². The van der Waals surface area contributed by atoms with Crippen molar-refractivity contribution in [2.45, 2.75) is 26.2 Å². The van der Waals surface area contributed by atoms with E-state index in [2.05, 4.69) is 19.1 Å². The summed E-state index contributed by atoms with van der Waals surface area (Å²) < 4.78 is 0. The lowest BCUT2D eigenvalue weighted by Gasteiger charge is -1.84. The Morgan fingerprint density at radius 2 is 1.67 bits per heavy atom. The van der Waals surface area contributed by atoms with Crippen molar-refractivity contribution in [2.24, 2.45) is 0 Å². The molecule has 0 aliphatic rings. The molecule has 0 spiro atoms. The minimum Gasteiger partial charge on any atom is -0.0845 e. The molecule has 0 atom stereocenters. The number of hydrogen-bond acceptors (Lipinski definition) is 0. The van der Waals surface area contributed by atoms with E-state index in [0.717, 1.165) is 0 Å². The van der Waals surface area contributed by atoms with Crippen LogP contribution in [0.2, 0.25) is 0 Å². The third-order valence-electron chi connectivity index (χ3n) is 1.42. The van der Waals surface area contributed by atoms with Crippen molar-refractivity contribution in [3.63, 3.8) is 0 Å². The van der Waals surface area contributed by atoms with Gasteiger partial charge in [-0.15, -0.1) is 0 Å². The molecular weight excluding hydrogens is 144 g/mol. The van der Waals surface area contributed by atoms with E-state index >= 15 is 0 Å². The highest BCUT2D eigenvalue weighted by Crippen LogP contribution is 1.94. The maximum absolute atomic E-state index is 5.15. The molecule has 0 aliphatic carbocycles. The van der Waals surface area contributed by atoms with Crippen molar-refractivity contribution in [1.82, 2.24) is 0 Å². The summed E-state index contributed by atoms with van der Waals surface area (Å²) in [6.45, 7) is 7.34. The van der Waals surface area contributed by atoms with Crippen LogP contribution in [0.4, 0.5) is 0 Å². The van der Waals surface area contributed by atoms with Crippen molar-refractivity contribution in [3.8, 4) is 0 Å². The normalized spacial score (nSPS) is 12.1. The summed E-state index contributed by atoms with van der Waals surface area (Å²) in [6.07, 6.45) is 17.2. The van der Waals surface area contributed by atoms with Gasteiger partial charge in [0.2, 0.25) is 0 Å². The Kier molecular flexibility index (Phi) is 9.10. The second-order valence-electron chi connectivity index (χ2n) is 2.53. The van der Waals surface area contributed by atoms with Gasteiger partial charge in [-0.05, 0) is 6.42 Å². The van der Waals surface area contributed by atoms with Crippen LogP contribution in [0.1, 0.15) is 26.2 Å². The molecule has 0 bridgehead atoms. The second-order valence-corrected chi connectivity index (χ2v) is 2.53. The molecule has 0 aromatic rings. The highest BCUT2D eigenvalue weighted by molar-refractivity contribution is 5.13. The lowest BCUT2D eigenvalue weighted by Crippen LogP contribution is -1.64. The third kappa shape index (κ3) is 8.96. The van der Waals surface area contributed by atoms with Gasteiger partial charge in [-0.3, -0.25) is 0 Å². The summed E-state index contributed by atoms with van der Waals surface area (Å²) in [4.78, 5) is 0.